The average Bonchev–Trinajstić information content (AvgIpc) is 3.28. The maximum Gasteiger partial charge on any atom is 0.258 e. The Labute approximate surface area is 194 Å². The highest BCUT2D eigenvalue weighted by Crippen LogP contribution is 2.37. The Bertz CT molecular complexity index is 1110. The highest BCUT2D eigenvalue weighted by Gasteiger charge is 2.33. The summed E-state index contributed by atoms with van der Waals surface area (Å²) in [7, 11) is 0. The van der Waals surface area contributed by atoms with E-state index < -0.39 is 0 Å². The van der Waals surface area contributed by atoms with Crippen LogP contribution in [0.2, 0.25) is 0 Å². The molecule has 0 amide bonds. The Hall–Kier alpha value is -3.03. The summed E-state index contributed by atoms with van der Waals surface area (Å²) in [6.45, 7) is 8.27. The smallest absolute Gasteiger partial charge is 0.258 e. The van der Waals surface area contributed by atoms with Crippen molar-refractivity contribution in [3.8, 4) is 11.4 Å². The van der Waals surface area contributed by atoms with Gasteiger partial charge in [0, 0.05) is 31.0 Å². The van der Waals surface area contributed by atoms with E-state index in [2.05, 4.69) is 53.5 Å². The Morgan fingerprint density at radius 2 is 1.94 bits per heavy atom. The number of allylic oxidation sites excluding steroid dienone is 1. The van der Waals surface area contributed by atoms with Gasteiger partial charge in [-0.05, 0) is 51.0 Å². The van der Waals surface area contributed by atoms with E-state index in [4.69, 9.17) is 26.5 Å². The molecule has 0 radical (unpaired) electrons. The van der Waals surface area contributed by atoms with Crippen molar-refractivity contribution in [1.82, 2.24) is 20.4 Å². The summed E-state index contributed by atoms with van der Waals surface area (Å²) in [5, 5.41) is 8.46. The lowest BCUT2D eigenvalue weighted by Gasteiger charge is -2.37. The second kappa shape index (κ2) is 10.1. The zero-order chi connectivity index (χ0) is 22.5. The highest BCUT2D eigenvalue weighted by atomic mass is 32.1. The molecule has 1 aromatic heterocycles. The molecule has 6 nitrogen and oxygen atoms in total. The Morgan fingerprint density at radius 3 is 2.69 bits per heavy atom. The van der Waals surface area contributed by atoms with E-state index in [-0.39, 0.29) is 6.04 Å². The predicted molar refractivity (Wildman–Crippen MR) is 130 cm³/mol. The summed E-state index contributed by atoms with van der Waals surface area (Å²) in [5.41, 5.74) is 5.12. The number of benzene rings is 2. The van der Waals surface area contributed by atoms with Crippen molar-refractivity contribution in [2.24, 2.45) is 0 Å². The quantitative estimate of drug-likeness (QED) is 0.378. The van der Waals surface area contributed by atoms with Crippen LogP contribution in [0.15, 0.2) is 64.8 Å². The molecule has 1 aliphatic rings. The van der Waals surface area contributed by atoms with Crippen LogP contribution in [0.3, 0.4) is 0 Å². The molecule has 0 saturated carbocycles. The molecule has 32 heavy (non-hydrogen) atoms. The van der Waals surface area contributed by atoms with Gasteiger partial charge in [0.2, 0.25) is 5.82 Å². The van der Waals surface area contributed by atoms with Gasteiger partial charge in [-0.3, -0.25) is 0 Å². The van der Waals surface area contributed by atoms with E-state index in [0.717, 1.165) is 40.9 Å². The van der Waals surface area contributed by atoms with E-state index in [1.165, 1.54) is 0 Å². The van der Waals surface area contributed by atoms with Crippen molar-refractivity contribution in [3.05, 3.63) is 77.3 Å². The number of thiocarbonyl (C=S) groups is 1. The number of aromatic nitrogens is 2. The third-order valence-corrected chi connectivity index (χ3v) is 5.87. The molecule has 2 aromatic carbocycles. The van der Waals surface area contributed by atoms with E-state index in [0.29, 0.717) is 30.0 Å². The van der Waals surface area contributed by atoms with Crippen LogP contribution in [0.5, 0.6) is 0 Å². The number of hydrogen-bond donors (Lipinski definition) is 1. The van der Waals surface area contributed by atoms with Crippen LogP contribution in [0.4, 0.5) is 0 Å². The van der Waals surface area contributed by atoms with E-state index >= 15 is 0 Å². The van der Waals surface area contributed by atoms with Gasteiger partial charge in [0.25, 0.3) is 5.89 Å². The molecule has 1 N–H and O–H groups in total. The van der Waals surface area contributed by atoms with Gasteiger partial charge >= 0.3 is 0 Å². The van der Waals surface area contributed by atoms with Crippen LogP contribution in [-0.2, 0) is 4.74 Å². The predicted octanol–water partition coefficient (Wildman–Crippen LogP) is 5.13. The van der Waals surface area contributed by atoms with Gasteiger partial charge in [0.15, 0.2) is 5.11 Å². The lowest BCUT2D eigenvalue weighted by molar-refractivity contribution is 0.141. The summed E-state index contributed by atoms with van der Waals surface area (Å²) >= 11 is 5.73. The van der Waals surface area contributed by atoms with Gasteiger partial charge in [0.1, 0.15) is 0 Å². The number of nitrogens with one attached hydrogen (secondary N) is 1. The molecule has 166 valence electrons. The first kappa shape index (κ1) is 22.2. The van der Waals surface area contributed by atoms with Crippen molar-refractivity contribution in [2.75, 3.05) is 19.8 Å². The van der Waals surface area contributed by atoms with Crippen LogP contribution in [0.1, 0.15) is 43.3 Å². The largest absolute Gasteiger partial charge is 0.382 e. The number of rotatable bonds is 8. The maximum atomic E-state index is 5.79. The molecule has 2 heterocycles. The third-order valence-electron chi connectivity index (χ3n) is 5.54. The SMILES string of the molecule is CCOCCCN1C(=S)NC(c2ccccc2)C(c2nc(-c3cccc(C)c3)no2)=C1C. The first-order valence-electron chi connectivity index (χ1n) is 10.9. The molecule has 1 unspecified atom stereocenters. The molecular weight excluding hydrogens is 420 g/mol. The molecule has 1 atom stereocenters. The number of nitrogens with zero attached hydrogens (tertiary/aromatic N) is 3. The molecule has 3 aromatic rings. The molecular formula is C25H28N4O2S. The van der Waals surface area contributed by atoms with Gasteiger partial charge in [-0.15, -0.1) is 0 Å². The van der Waals surface area contributed by atoms with Crippen molar-refractivity contribution in [1.29, 1.82) is 0 Å². The molecule has 7 heteroatoms. The van der Waals surface area contributed by atoms with Gasteiger partial charge in [0.05, 0.1) is 11.6 Å². The van der Waals surface area contributed by atoms with Crippen molar-refractivity contribution < 1.29 is 9.26 Å². The summed E-state index contributed by atoms with van der Waals surface area (Å²) in [6.07, 6.45) is 0.870. The summed E-state index contributed by atoms with van der Waals surface area (Å²) in [6, 6.07) is 18.1. The monoisotopic (exact) mass is 448 g/mol. The number of aryl methyl sites for hydroxylation is 1. The fourth-order valence-electron chi connectivity index (χ4n) is 3.93. The van der Waals surface area contributed by atoms with E-state index in [1.807, 2.05) is 37.3 Å². The van der Waals surface area contributed by atoms with Gasteiger partial charge < -0.3 is 19.5 Å². The van der Waals surface area contributed by atoms with E-state index in [1.54, 1.807) is 0 Å². The lowest BCUT2D eigenvalue weighted by Crippen LogP contribution is -2.46. The Balaban J connectivity index is 1.73. The van der Waals surface area contributed by atoms with Crippen LogP contribution < -0.4 is 5.32 Å². The topological polar surface area (TPSA) is 63.4 Å². The average molecular weight is 449 g/mol. The molecule has 4 rings (SSSR count). The fourth-order valence-corrected chi connectivity index (χ4v) is 4.27. The molecule has 0 spiro atoms. The van der Waals surface area contributed by atoms with Crippen molar-refractivity contribution in [2.45, 2.75) is 33.2 Å². The summed E-state index contributed by atoms with van der Waals surface area (Å²) < 4.78 is 11.3. The minimum Gasteiger partial charge on any atom is -0.382 e. The minimum atomic E-state index is -0.169. The fraction of sp³-hybridized carbons (Fsp3) is 0.320. The molecule has 1 aliphatic heterocycles. The van der Waals surface area contributed by atoms with Gasteiger partial charge in [-0.2, -0.15) is 4.98 Å². The molecule has 0 aliphatic carbocycles. The van der Waals surface area contributed by atoms with E-state index in [9.17, 15) is 0 Å². The maximum absolute atomic E-state index is 5.79. The second-order valence-corrected chi connectivity index (χ2v) is 8.17. The van der Waals surface area contributed by atoms with Gasteiger partial charge in [-0.25, -0.2) is 0 Å². The molecule has 0 saturated heterocycles. The Morgan fingerprint density at radius 1 is 1.12 bits per heavy atom. The third kappa shape index (κ3) is 4.74. The first-order valence-corrected chi connectivity index (χ1v) is 11.3. The first-order chi connectivity index (χ1) is 15.6. The molecule has 0 bridgehead atoms. The summed E-state index contributed by atoms with van der Waals surface area (Å²) in [4.78, 5) is 6.87. The zero-order valence-corrected chi connectivity index (χ0v) is 19.5. The van der Waals surface area contributed by atoms with Crippen LogP contribution in [0.25, 0.3) is 17.0 Å². The number of hydrogen-bond acceptors (Lipinski definition) is 5. The summed E-state index contributed by atoms with van der Waals surface area (Å²) in [5.74, 6) is 1.07. The molecule has 0 fully saturated rings. The minimum absolute atomic E-state index is 0.169. The van der Waals surface area contributed by atoms with Crippen LogP contribution >= 0.6 is 12.2 Å². The second-order valence-electron chi connectivity index (χ2n) is 7.79. The van der Waals surface area contributed by atoms with Crippen molar-refractivity contribution in [3.63, 3.8) is 0 Å². The van der Waals surface area contributed by atoms with Crippen LogP contribution in [-0.4, -0.2) is 39.9 Å². The Kier molecular flexibility index (Phi) is 6.97. The van der Waals surface area contributed by atoms with Gasteiger partial charge in [-0.1, -0.05) is 59.3 Å². The zero-order valence-electron chi connectivity index (χ0n) is 18.7. The van der Waals surface area contributed by atoms with Crippen molar-refractivity contribution >= 4 is 22.9 Å². The van der Waals surface area contributed by atoms with Crippen LogP contribution in [0, 0.1) is 6.92 Å². The normalized spacial score (nSPS) is 16.4. The number of ether oxygens (including phenoxy) is 1. The lowest BCUT2D eigenvalue weighted by atomic mass is 9.95. The highest BCUT2D eigenvalue weighted by molar-refractivity contribution is 7.80. The standard InChI is InChI=1S/C25H28N4O2S/c1-4-30-15-9-14-29-18(3)21(22(26-25(29)32)19-11-6-5-7-12-19)24-27-23(28-31-24)20-13-8-10-17(2)16-20/h5-8,10-13,16,22H,4,9,14-15H2,1-3H3,(H,26,32).